The molecule has 4 aliphatic rings. The third-order valence-electron chi connectivity index (χ3n) is 7.00. The third kappa shape index (κ3) is 1.97. The third-order valence-corrected chi connectivity index (χ3v) is 7.29. The summed E-state index contributed by atoms with van der Waals surface area (Å²) >= 11 is 0. The summed E-state index contributed by atoms with van der Waals surface area (Å²) < 4.78 is 5.89. The molecule has 0 spiro atoms. The van der Waals surface area contributed by atoms with Gasteiger partial charge in [-0.25, -0.2) is 0 Å². The zero-order chi connectivity index (χ0) is 16.3. The molecule has 3 heteroatoms. The lowest BCUT2D eigenvalue weighted by Gasteiger charge is -2.59. The lowest BCUT2D eigenvalue weighted by molar-refractivity contribution is -0.178. The Morgan fingerprint density at radius 2 is 1.54 bits per heavy atom. The standard InChI is InChI=1S/C21H26O2Si/c22-21(15-8-13-7-14(10-15)11-16(21)9-13)19-5-6-20(23-12-24)18-4-2-1-3-17(18)19/h1-6,13-16,22H,7-12H2,24H3. The molecule has 0 saturated heterocycles. The molecule has 6 rings (SSSR count). The molecule has 0 amide bonds. The molecule has 0 radical (unpaired) electrons. The van der Waals surface area contributed by atoms with Gasteiger partial charge in [0.1, 0.15) is 5.75 Å². The summed E-state index contributed by atoms with van der Waals surface area (Å²) in [5, 5.41) is 14.3. The van der Waals surface area contributed by atoms with E-state index in [2.05, 4.69) is 36.4 Å². The number of benzene rings is 2. The van der Waals surface area contributed by atoms with Crippen LogP contribution in [0.25, 0.3) is 10.8 Å². The van der Waals surface area contributed by atoms with Crippen LogP contribution in [-0.4, -0.2) is 21.6 Å². The second kappa shape index (κ2) is 5.34. The van der Waals surface area contributed by atoms with Crippen LogP contribution in [-0.2, 0) is 5.60 Å². The molecule has 4 bridgehead atoms. The van der Waals surface area contributed by atoms with Crippen LogP contribution in [0.5, 0.6) is 5.75 Å². The molecule has 4 saturated carbocycles. The van der Waals surface area contributed by atoms with E-state index in [1.165, 1.54) is 37.5 Å². The summed E-state index contributed by atoms with van der Waals surface area (Å²) in [6.45, 7) is 0. The zero-order valence-electron chi connectivity index (χ0n) is 14.4. The van der Waals surface area contributed by atoms with Crippen molar-refractivity contribution in [3.8, 4) is 5.75 Å². The molecule has 0 aromatic heterocycles. The highest BCUT2D eigenvalue weighted by Crippen LogP contribution is 2.62. The maximum atomic E-state index is 11.9. The van der Waals surface area contributed by atoms with E-state index >= 15 is 0 Å². The molecule has 0 heterocycles. The number of rotatable bonds is 3. The Bertz CT molecular complexity index is 757. The van der Waals surface area contributed by atoms with Gasteiger partial charge in [0.05, 0.1) is 22.1 Å². The average Bonchev–Trinajstić information content (AvgIpc) is 2.59. The molecule has 0 atom stereocenters. The summed E-state index contributed by atoms with van der Waals surface area (Å²) in [4.78, 5) is 0. The van der Waals surface area contributed by atoms with Gasteiger partial charge in [-0.05, 0) is 72.8 Å². The van der Waals surface area contributed by atoms with E-state index in [1.807, 2.05) is 0 Å². The number of hydrogen-bond donors (Lipinski definition) is 1. The van der Waals surface area contributed by atoms with Crippen molar-refractivity contribution in [1.82, 2.24) is 0 Å². The van der Waals surface area contributed by atoms with Gasteiger partial charge >= 0.3 is 0 Å². The second-order valence-corrected chi connectivity index (χ2v) is 8.80. The smallest absolute Gasteiger partial charge is 0.126 e. The van der Waals surface area contributed by atoms with Gasteiger partial charge in [-0.1, -0.05) is 30.3 Å². The van der Waals surface area contributed by atoms with E-state index < -0.39 is 5.60 Å². The SMILES string of the molecule is OC1(c2ccc(OC[SiH3])c3ccccc23)C2CC3CC(C2)CC1C3. The Morgan fingerprint density at radius 1 is 0.917 bits per heavy atom. The Hall–Kier alpha value is -1.32. The molecule has 4 aliphatic carbocycles. The van der Waals surface area contributed by atoms with Crippen molar-refractivity contribution in [2.24, 2.45) is 23.7 Å². The Labute approximate surface area is 146 Å². The normalized spacial score (nSPS) is 37.2. The van der Waals surface area contributed by atoms with E-state index in [0.29, 0.717) is 11.8 Å². The lowest BCUT2D eigenvalue weighted by atomic mass is 9.48. The first-order chi connectivity index (χ1) is 11.7. The first kappa shape index (κ1) is 15.0. The first-order valence-corrected chi connectivity index (χ1v) is 11.0. The van der Waals surface area contributed by atoms with Crippen molar-refractivity contribution in [3.05, 3.63) is 42.0 Å². The minimum Gasteiger partial charge on any atom is -0.498 e. The van der Waals surface area contributed by atoms with Gasteiger partial charge in [-0.3, -0.25) is 0 Å². The molecule has 2 aromatic carbocycles. The highest BCUT2D eigenvalue weighted by molar-refractivity contribution is 6.08. The van der Waals surface area contributed by atoms with E-state index in [9.17, 15) is 5.11 Å². The van der Waals surface area contributed by atoms with Crippen LogP contribution in [0.1, 0.15) is 37.7 Å². The van der Waals surface area contributed by atoms with E-state index in [0.717, 1.165) is 45.0 Å². The predicted octanol–water partition coefficient (Wildman–Crippen LogP) is 3.19. The summed E-state index contributed by atoms with van der Waals surface area (Å²) in [7, 11) is 1.03. The predicted molar refractivity (Wildman–Crippen MR) is 100 cm³/mol. The van der Waals surface area contributed by atoms with Crippen LogP contribution in [0, 0.1) is 23.7 Å². The van der Waals surface area contributed by atoms with Crippen molar-refractivity contribution in [3.63, 3.8) is 0 Å². The topological polar surface area (TPSA) is 29.5 Å². The quantitative estimate of drug-likeness (QED) is 0.871. The van der Waals surface area contributed by atoms with E-state index in [1.54, 1.807) is 0 Å². The minimum absolute atomic E-state index is 0.447. The number of fused-ring (bicyclic) bond motifs is 1. The maximum absolute atomic E-state index is 11.9. The maximum Gasteiger partial charge on any atom is 0.126 e. The highest BCUT2D eigenvalue weighted by atomic mass is 28.1. The molecule has 126 valence electrons. The summed E-state index contributed by atoms with van der Waals surface area (Å²) in [5.41, 5.74) is 0.527. The van der Waals surface area contributed by atoms with Crippen molar-refractivity contribution in [2.75, 3.05) is 6.23 Å². The van der Waals surface area contributed by atoms with Gasteiger partial charge in [-0.15, -0.1) is 0 Å². The van der Waals surface area contributed by atoms with Crippen LogP contribution >= 0.6 is 0 Å². The first-order valence-electron chi connectivity index (χ1n) is 9.57. The Balaban J connectivity index is 1.68. The molecule has 2 nitrogen and oxygen atoms in total. The fourth-order valence-electron chi connectivity index (χ4n) is 6.24. The Morgan fingerprint density at radius 3 is 2.17 bits per heavy atom. The highest BCUT2D eigenvalue weighted by Gasteiger charge is 2.57. The molecule has 0 unspecified atom stereocenters. The summed E-state index contributed by atoms with van der Waals surface area (Å²) in [6, 6.07) is 12.7. The van der Waals surface area contributed by atoms with Crippen molar-refractivity contribution >= 4 is 21.0 Å². The average molecular weight is 339 g/mol. The van der Waals surface area contributed by atoms with Crippen LogP contribution in [0.4, 0.5) is 0 Å². The zero-order valence-corrected chi connectivity index (χ0v) is 16.4. The summed E-state index contributed by atoms with van der Waals surface area (Å²) in [6.07, 6.45) is 7.10. The summed E-state index contributed by atoms with van der Waals surface area (Å²) in [5.74, 6) is 3.60. The Kier molecular flexibility index (Phi) is 3.33. The van der Waals surface area contributed by atoms with E-state index in [4.69, 9.17) is 4.74 Å². The molecular formula is C21H26O2Si. The van der Waals surface area contributed by atoms with Crippen molar-refractivity contribution < 1.29 is 9.84 Å². The van der Waals surface area contributed by atoms with Gasteiger partial charge in [0.15, 0.2) is 0 Å². The largest absolute Gasteiger partial charge is 0.498 e. The fraction of sp³-hybridized carbons (Fsp3) is 0.524. The van der Waals surface area contributed by atoms with Crippen LogP contribution < -0.4 is 4.74 Å². The second-order valence-electron chi connectivity index (χ2n) is 8.22. The van der Waals surface area contributed by atoms with Gasteiger partial charge in [0.2, 0.25) is 0 Å². The van der Waals surface area contributed by atoms with Crippen molar-refractivity contribution in [2.45, 2.75) is 37.7 Å². The van der Waals surface area contributed by atoms with Gasteiger partial charge in [0, 0.05) is 5.39 Å². The monoisotopic (exact) mass is 338 g/mol. The van der Waals surface area contributed by atoms with Gasteiger partial charge < -0.3 is 9.84 Å². The fourth-order valence-corrected chi connectivity index (χ4v) is 6.56. The number of hydrogen-bond acceptors (Lipinski definition) is 2. The van der Waals surface area contributed by atoms with Crippen molar-refractivity contribution in [1.29, 1.82) is 0 Å². The molecular weight excluding hydrogens is 312 g/mol. The molecule has 2 aromatic rings. The molecule has 4 fully saturated rings. The molecule has 24 heavy (non-hydrogen) atoms. The van der Waals surface area contributed by atoms with Crippen LogP contribution in [0.3, 0.4) is 0 Å². The van der Waals surface area contributed by atoms with Gasteiger partial charge in [-0.2, -0.15) is 0 Å². The van der Waals surface area contributed by atoms with Crippen LogP contribution in [0.2, 0.25) is 0 Å². The minimum atomic E-state index is -0.632. The van der Waals surface area contributed by atoms with Gasteiger partial charge in [0.25, 0.3) is 0 Å². The number of aliphatic hydroxyl groups is 1. The van der Waals surface area contributed by atoms with Crippen LogP contribution in [0.15, 0.2) is 36.4 Å². The molecule has 1 N–H and O–H groups in total. The lowest BCUT2D eigenvalue weighted by Crippen LogP contribution is -2.55. The number of ether oxygens (including phenoxy) is 1. The van der Waals surface area contributed by atoms with E-state index in [-0.39, 0.29) is 0 Å². The molecule has 0 aliphatic heterocycles.